The molecule has 5 heterocycles. The van der Waals surface area contributed by atoms with Gasteiger partial charge in [0.25, 0.3) is 20.2 Å². The fourth-order valence-corrected chi connectivity index (χ4v) is 29.7. The van der Waals surface area contributed by atoms with Crippen molar-refractivity contribution in [2.24, 2.45) is 0 Å². The molecule has 146 heavy (non-hydrogen) atoms. The second kappa shape index (κ2) is 38.3. The Hall–Kier alpha value is -14.3. The topological polar surface area (TPSA) is 423 Å². The van der Waals surface area contributed by atoms with E-state index in [4.69, 9.17) is 8.37 Å². The first-order valence-corrected chi connectivity index (χ1v) is 58.3. The number of fused-ring (bicyclic) bond motifs is 17. The van der Waals surface area contributed by atoms with Gasteiger partial charge in [0.05, 0.1) is 63.6 Å². The van der Waals surface area contributed by atoms with E-state index in [0.717, 1.165) is 101 Å². The van der Waals surface area contributed by atoms with Crippen LogP contribution in [0.1, 0.15) is 0 Å². The molecule has 5 aliphatic heterocycles. The average molecular weight is 2140 g/mol. The van der Waals surface area contributed by atoms with Crippen LogP contribution in [0.5, 0.6) is 11.5 Å². The molecule has 0 saturated heterocycles. The minimum absolute atomic E-state index is 0. The Morgan fingerprint density at radius 3 is 0.671 bits per heavy atom. The van der Waals surface area contributed by atoms with Gasteiger partial charge in [-0.1, -0.05) is 243 Å². The summed E-state index contributed by atoms with van der Waals surface area (Å²) in [5, 5.41) is 4.21. The first kappa shape index (κ1) is 100. The number of hydrogen-bond acceptors (Lipinski definition) is 23. The zero-order chi connectivity index (χ0) is 102. The minimum Gasteiger partial charge on any atom is -0.744 e. The summed E-state index contributed by atoms with van der Waals surface area (Å²) in [5.74, 6) is 0.363. The summed E-state index contributed by atoms with van der Waals surface area (Å²) in [6, 6.07) is 116. The van der Waals surface area contributed by atoms with E-state index in [0.29, 0.717) is 38.9 Å². The maximum absolute atomic E-state index is 13.2. The van der Waals surface area contributed by atoms with Crippen molar-refractivity contribution in [1.82, 2.24) is 0 Å². The predicted octanol–water partition coefficient (Wildman–Crippen LogP) is 19.1. The molecule has 19 aromatic carbocycles. The molecule has 0 fully saturated rings. The van der Waals surface area contributed by atoms with Gasteiger partial charge in [-0.25, -0.2) is 50.5 Å². The number of hydrogen-bond donors (Lipinski definition) is 2. The Morgan fingerprint density at radius 1 is 0.192 bits per heavy atom. The summed E-state index contributed by atoms with van der Waals surface area (Å²) in [5.41, 5.74) is 12.5. The van der Waals surface area contributed by atoms with Gasteiger partial charge in [0.2, 0.25) is 49.2 Å². The molecular formula is C110H71NaO25S10. The number of para-hydroxylation sites is 2. The molecule has 36 heteroatoms. The molecule has 0 atom stereocenters. The van der Waals surface area contributed by atoms with Crippen LogP contribution in [0.25, 0.3) is 133 Å². The molecule has 2 N–H and O–H groups in total. The zero-order valence-corrected chi connectivity index (χ0v) is 85.9. The van der Waals surface area contributed by atoms with Crippen LogP contribution in [0.15, 0.2) is 492 Å². The minimum atomic E-state index is -4.67. The van der Waals surface area contributed by atoms with Crippen LogP contribution < -0.4 is 37.9 Å². The first-order valence-electron chi connectivity index (χ1n) is 43.7. The Balaban J connectivity index is 0.000000116. The van der Waals surface area contributed by atoms with E-state index < -0.39 is 105 Å². The van der Waals surface area contributed by atoms with Gasteiger partial charge in [-0.2, -0.15) is 33.7 Å². The molecule has 25 nitrogen and oxygen atoms in total. The van der Waals surface area contributed by atoms with Crippen molar-refractivity contribution >= 4 is 121 Å². The van der Waals surface area contributed by atoms with Gasteiger partial charge in [0.1, 0.15) is 31.4 Å². The van der Waals surface area contributed by atoms with Gasteiger partial charge >= 0.3 is 49.8 Å². The molecule has 0 unspecified atom stereocenters. The second-order valence-corrected chi connectivity index (χ2v) is 50.4. The third kappa shape index (κ3) is 18.8. The second-order valence-electron chi connectivity index (χ2n) is 33.6. The van der Waals surface area contributed by atoms with E-state index in [1.807, 2.05) is 182 Å². The Kier molecular flexibility index (Phi) is 26.3. The molecule has 0 amide bonds. The monoisotopic (exact) mass is 2130 g/mol. The fourth-order valence-electron chi connectivity index (χ4n) is 18.0. The Labute approximate surface area is 863 Å². The van der Waals surface area contributed by atoms with Crippen molar-refractivity contribution in [3.05, 3.63) is 419 Å². The van der Waals surface area contributed by atoms with E-state index >= 15 is 0 Å². The Morgan fingerprint density at radius 2 is 0.397 bits per heavy atom. The summed E-state index contributed by atoms with van der Waals surface area (Å²) in [7, 11) is -40.5. The van der Waals surface area contributed by atoms with E-state index in [9.17, 15) is 97.8 Å². The molecule has 0 aliphatic carbocycles. The fraction of sp³-hybridized carbons (Fsp3) is 0. The van der Waals surface area contributed by atoms with Crippen molar-refractivity contribution in [2.75, 3.05) is 0 Å². The molecule has 722 valence electrons. The molecule has 5 aliphatic rings. The van der Waals surface area contributed by atoms with E-state index in [2.05, 4.69) is 0 Å². The molecule has 19 aromatic rings. The van der Waals surface area contributed by atoms with Crippen molar-refractivity contribution in [3.63, 3.8) is 0 Å². The molecule has 0 saturated carbocycles. The largest absolute Gasteiger partial charge is 1.00 e. The summed E-state index contributed by atoms with van der Waals surface area (Å²) in [6.45, 7) is 0. The van der Waals surface area contributed by atoms with Crippen molar-refractivity contribution in [2.45, 2.75) is 73.4 Å². The summed E-state index contributed by atoms with van der Waals surface area (Å²) in [6.07, 6.45) is 0. The normalized spacial score (nSPS) is 14.2. The van der Waals surface area contributed by atoms with Crippen molar-refractivity contribution < 1.29 is 136 Å². The molecule has 0 aromatic heterocycles. The quantitative estimate of drug-likeness (QED) is 0.0580. The van der Waals surface area contributed by atoms with Crippen LogP contribution in [-0.2, 0) is 99.8 Å². The van der Waals surface area contributed by atoms with Gasteiger partial charge in [-0.05, 0) is 253 Å². The van der Waals surface area contributed by atoms with Crippen LogP contribution in [0.4, 0.5) is 0 Å². The average Bonchev–Trinajstić information content (AvgIpc) is 1.60. The van der Waals surface area contributed by atoms with Gasteiger partial charge in [-0.15, -0.1) is 0 Å². The molecule has 24 rings (SSSR count). The molecule has 0 radical (unpaired) electrons. The van der Waals surface area contributed by atoms with Crippen molar-refractivity contribution in [3.8, 4) is 123 Å². The zero-order valence-electron chi connectivity index (χ0n) is 75.7. The third-order valence-corrected chi connectivity index (χ3v) is 39.2. The number of benzene rings is 19. The number of sulfone groups is 5. The van der Waals surface area contributed by atoms with Crippen LogP contribution >= 0.6 is 0 Å². The standard InChI is InChI=1S/C28H18O5S2.C24H16O5S2.C22H14O5S2.2C18H12O5S2.Na/c29-34(30)27-15-13-20(24-12-6-8-19-7-4-5-11-23(19)24)17-25(27)26-18-22(14-16-28(26)34)35(31,32)33-21-9-2-1-3-10-21;25-30(26)23-13-11-18(17-7-3-1-4-8-17)15-21(23)22-16-20(12-14-24(22)30)31(27,28)29-19-9-5-2-6-10-19;23-28(24)21-10-8-15(18-7-3-5-14-4-1-2-6-17(14)18)12-19(21)20-13-16(29(25,26)27)9-11-22(20)28;2*19-24(20)17-8-6-13(12-4-2-1-3-5-12)10-15(17)16-11-14(25(21,22)23)7-9-18(16)24;/h1-18H;1-16H;1-13H,(H,25,26,27);2*1-11H,(H,21,22,23);/q;;;;;+1/p-1. The van der Waals surface area contributed by atoms with E-state index in [-0.39, 0.29) is 126 Å². The van der Waals surface area contributed by atoms with Gasteiger partial charge in [-0.3, -0.25) is 9.11 Å². The molecule has 0 spiro atoms. The third-order valence-electron chi connectivity index (χ3n) is 24.9. The molecule has 0 bridgehead atoms. The SMILES string of the molecule is O=S(=O)(O)c1ccc2c(c1)-c1cc(-c3cccc4ccccc34)ccc1S2(=O)=O.O=S(=O)(O)c1ccc2c(c1)-c1cc(-c3ccccc3)ccc1S2(=O)=O.O=S(=O)(Oc1ccccc1)c1ccc2c(c1)-c1cc(-c3cccc4ccccc34)ccc1S2(=O)=O.O=S(=O)(Oc1ccccc1)c1ccc2c(c1)-c1cc(-c3ccccc3)ccc1S2(=O)=O.O=S(=O)([O-])c1ccc2c(c1)-c1cc(-c3ccccc3)ccc1S2(=O)=O.[Na+]. The Bertz CT molecular complexity index is 9750. The molecular weight excluding hydrogens is 2060 g/mol. The first-order chi connectivity index (χ1) is 69.0. The predicted molar refractivity (Wildman–Crippen MR) is 545 cm³/mol. The van der Waals surface area contributed by atoms with E-state index in [1.165, 1.54) is 91.0 Å². The summed E-state index contributed by atoms with van der Waals surface area (Å²) in [4.78, 5) is -0.365. The van der Waals surface area contributed by atoms with Crippen LogP contribution in [0, 0.1) is 0 Å². The van der Waals surface area contributed by atoms with Crippen LogP contribution in [0.2, 0.25) is 0 Å². The maximum atomic E-state index is 13.2. The van der Waals surface area contributed by atoms with Gasteiger partial charge in [0, 0.05) is 55.6 Å². The summed E-state index contributed by atoms with van der Waals surface area (Å²) < 4.78 is 289. The van der Waals surface area contributed by atoms with Crippen LogP contribution in [-0.4, -0.2) is 97.8 Å². The number of rotatable bonds is 14. The van der Waals surface area contributed by atoms with E-state index in [1.54, 1.807) is 121 Å². The smallest absolute Gasteiger partial charge is 0.744 e. The van der Waals surface area contributed by atoms with Crippen LogP contribution in [0.3, 0.4) is 0 Å². The summed E-state index contributed by atoms with van der Waals surface area (Å²) >= 11 is 0. The van der Waals surface area contributed by atoms with Gasteiger partial charge in [0.15, 0.2) is 0 Å². The van der Waals surface area contributed by atoms with Crippen molar-refractivity contribution in [1.29, 1.82) is 0 Å². The van der Waals surface area contributed by atoms with Gasteiger partial charge < -0.3 is 12.9 Å². The maximum Gasteiger partial charge on any atom is 1.00 e.